The highest BCUT2D eigenvalue weighted by Crippen LogP contribution is 2.41. The van der Waals surface area contributed by atoms with E-state index in [0.717, 1.165) is 5.56 Å². The monoisotopic (exact) mass is 279 g/mol. The number of nitrogens with zero attached hydrogens (tertiary/aromatic N) is 1. The Morgan fingerprint density at radius 3 is 2.52 bits per heavy atom. The van der Waals surface area contributed by atoms with E-state index in [9.17, 15) is 9.90 Å². The molecule has 1 heterocycles. The van der Waals surface area contributed by atoms with Crippen molar-refractivity contribution >= 4 is 5.91 Å². The fourth-order valence-corrected chi connectivity index (χ4v) is 2.85. The number of aliphatic hydroxyl groups is 1. The standard InChI is InChI=1S/C18H17NO2/c1-3-12-19-17(20)15-6-4-5-7-16(15)18(19,21)14-10-8-13(2)9-11-14/h3-11,21H,1,12H2,2H3/t18-/m1/s1. The summed E-state index contributed by atoms with van der Waals surface area (Å²) in [5, 5.41) is 11.3. The van der Waals surface area contributed by atoms with E-state index >= 15 is 0 Å². The van der Waals surface area contributed by atoms with E-state index in [1.807, 2.05) is 43.3 Å². The number of benzene rings is 2. The number of aryl methyl sites for hydroxylation is 1. The second-order valence-corrected chi connectivity index (χ2v) is 5.29. The van der Waals surface area contributed by atoms with Crippen LogP contribution in [-0.4, -0.2) is 22.5 Å². The summed E-state index contributed by atoms with van der Waals surface area (Å²) in [6.07, 6.45) is 1.63. The van der Waals surface area contributed by atoms with Gasteiger partial charge in [0.2, 0.25) is 0 Å². The number of rotatable bonds is 3. The molecule has 2 aromatic rings. The van der Waals surface area contributed by atoms with Gasteiger partial charge in [-0.05, 0) is 13.0 Å². The molecular formula is C18H17NO2. The summed E-state index contributed by atoms with van der Waals surface area (Å²) in [6, 6.07) is 14.8. The van der Waals surface area contributed by atoms with Crippen LogP contribution in [0.2, 0.25) is 0 Å². The third-order valence-electron chi connectivity index (χ3n) is 3.93. The molecule has 0 saturated heterocycles. The molecule has 106 valence electrons. The number of carbonyl (C=O) groups excluding carboxylic acids is 1. The van der Waals surface area contributed by atoms with Crippen LogP contribution in [0.25, 0.3) is 0 Å². The van der Waals surface area contributed by atoms with Crippen LogP contribution >= 0.6 is 0 Å². The van der Waals surface area contributed by atoms with Gasteiger partial charge in [-0.1, -0.05) is 54.1 Å². The third kappa shape index (κ3) is 1.89. The summed E-state index contributed by atoms with van der Waals surface area (Å²) in [5.74, 6) is -0.173. The molecule has 1 aliphatic rings. The second-order valence-electron chi connectivity index (χ2n) is 5.29. The highest BCUT2D eigenvalue weighted by molar-refractivity contribution is 6.00. The first kappa shape index (κ1) is 13.6. The topological polar surface area (TPSA) is 40.5 Å². The summed E-state index contributed by atoms with van der Waals surface area (Å²) in [6.45, 7) is 5.97. The van der Waals surface area contributed by atoms with Gasteiger partial charge in [-0.2, -0.15) is 0 Å². The predicted octanol–water partition coefficient (Wildman–Crippen LogP) is 2.83. The maximum Gasteiger partial charge on any atom is 0.257 e. The first-order valence-corrected chi connectivity index (χ1v) is 6.91. The van der Waals surface area contributed by atoms with Crippen molar-refractivity contribution < 1.29 is 9.90 Å². The van der Waals surface area contributed by atoms with Crippen molar-refractivity contribution in [1.29, 1.82) is 0 Å². The van der Waals surface area contributed by atoms with E-state index in [1.165, 1.54) is 4.90 Å². The third-order valence-corrected chi connectivity index (χ3v) is 3.93. The van der Waals surface area contributed by atoms with Crippen LogP contribution < -0.4 is 0 Å². The highest BCUT2D eigenvalue weighted by Gasteiger charge is 2.48. The molecule has 3 rings (SSSR count). The molecule has 0 fully saturated rings. The van der Waals surface area contributed by atoms with Gasteiger partial charge in [0.05, 0.1) is 0 Å². The lowest BCUT2D eigenvalue weighted by Gasteiger charge is -2.34. The molecular weight excluding hydrogens is 262 g/mol. The van der Waals surface area contributed by atoms with Gasteiger partial charge in [-0.3, -0.25) is 9.69 Å². The lowest BCUT2D eigenvalue weighted by atomic mass is 9.93. The van der Waals surface area contributed by atoms with Crippen LogP contribution in [0.5, 0.6) is 0 Å². The molecule has 0 spiro atoms. The molecule has 2 aromatic carbocycles. The minimum absolute atomic E-state index is 0.173. The summed E-state index contributed by atoms with van der Waals surface area (Å²) < 4.78 is 0. The number of amides is 1. The van der Waals surface area contributed by atoms with E-state index in [-0.39, 0.29) is 12.5 Å². The Labute approximate surface area is 124 Å². The van der Waals surface area contributed by atoms with Crippen LogP contribution in [0.3, 0.4) is 0 Å². The Morgan fingerprint density at radius 1 is 1.19 bits per heavy atom. The van der Waals surface area contributed by atoms with Crippen molar-refractivity contribution in [2.24, 2.45) is 0 Å². The fourth-order valence-electron chi connectivity index (χ4n) is 2.85. The van der Waals surface area contributed by atoms with E-state index in [0.29, 0.717) is 16.7 Å². The van der Waals surface area contributed by atoms with Gasteiger partial charge in [0.15, 0.2) is 5.72 Å². The van der Waals surface area contributed by atoms with Gasteiger partial charge in [-0.15, -0.1) is 6.58 Å². The van der Waals surface area contributed by atoms with Crippen LogP contribution in [0.15, 0.2) is 61.2 Å². The molecule has 0 unspecified atom stereocenters. The quantitative estimate of drug-likeness (QED) is 0.878. The van der Waals surface area contributed by atoms with Gasteiger partial charge in [0.25, 0.3) is 5.91 Å². The van der Waals surface area contributed by atoms with Crippen molar-refractivity contribution in [2.45, 2.75) is 12.6 Å². The van der Waals surface area contributed by atoms with E-state index < -0.39 is 5.72 Å². The van der Waals surface area contributed by atoms with Gasteiger partial charge in [-0.25, -0.2) is 0 Å². The van der Waals surface area contributed by atoms with Crippen LogP contribution in [0, 0.1) is 6.92 Å². The van der Waals surface area contributed by atoms with Gasteiger partial charge < -0.3 is 5.11 Å². The summed E-state index contributed by atoms with van der Waals surface area (Å²) in [5.41, 5.74) is 1.53. The molecule has 3 nitrogen and oxygen atoms in total. The molecule has 0 saturated carbocycles. The molecule has 0 radical (unpaired) electrons. The van der Waals surface area contributed by atoms with E-state index in [4.69, 9.17) is 0 Å². The Balaban J connectivity index is 2.23. The first-order chi connectivity index (χ1) is 10.1. The molecule has 3 heteroatoms. The van der Waals surface area contributed by atoms with Gasteiger partial charge in [0, 0.05) is 23.2 Å². The highest BCUT2D eigenvalue weighted by atomic mass is 16.3. The Kier molecular flexibility index (Phi) is 3.15. The van der Waals surface area contributed by atoms with Crippen molar-refractivity contribution in [3.8, 4) is 0 Å². The maximum absolute atomic E-state index is 12.6. The van der Waals surface area contributed by atoms with Crippen LogP contribution in [-0.2, 0) is 5.72 Å². The van der Waals surface area contributed by atoms with Crippen LogP contribution in [0.1, 0.15) is 27.0 Å². The van der Waals surface area contributed by atoms with Crippen molar-refractivity contribution in [3.63, 3.8) is 0 Å². The minimum atomic E-state index is -1.43. The number of carbonyl (C=O) groups is 1. The van der Waals surface area contributed by atoms with Gasteiger partial charge in [0.1, 0.15) is 0 Å². The Morgan fingerprint density at radius 2 is 1.86 bits per heavy atom. The maximum atomic E-state index is 12.6. The second kappa shape index (κ2) is 4.86. The average molecular weight is 279 g/mol. The number of hydrogen-bond donors (Lipinski definition) is 1. The molecule has 0 aliphatic carbocycles. The molecule has 21 heavy (non-hydrogen) atoms. The fraction of sp³-hybridized carbons (Fsp3) is 0.167. The first-order valence-electron chi connectivity index (χ1n) is 6.91. The van der Waals surface area contributed by atoms with Crippen molar-refractivity contribution in [1.82, 2.24) is 4.90 Å². The molecule has 1 aliphatic heterocycles. The molecule has 0 aromatic heterocycles. The molecule has 1 amide bonds. The lowest BCUT2D eigenvalue weighted by Crippen LogP contribution is -2.44. The summed E-state index contributed by atoms with van der Waals surface area (Å²) in [7, 11) is 0. The Bertz CT molecular complexity index is 705. The van der Waals surface area contributed by atoms with Gasteiger partial charge >= 0.3 is 0 Å². The molecule has 0 bridgehead atoms. The number of hydrogen-bond acceptors (Lipinski definition) is 2. The largest absolute Gasteiger partial charge is 0.363 e. The molecule has 1 atom stereocenters. The zero-order chi connectivity index (χ0) is 15.0. The van der Waals surface area contributed by atoms with E-state index in [2.05, 4.69) is 6.58 Å². The average Bonchev–Trinajstić information content (AvgIpc) is 2.72. The Hall–Kier alpha value is -2.39. The van der Waals surface area contributed by atoms with Crippen LogP contribution in [0.4, 0.5) is 0 Å². The molecule has 1 N–H and O–H groups in total. The summed E-state index contributed by atoms with van der Waals surface area (Å²) >= 11 is 0. The van der Waals surface area contributed by atoms with Crippen molar-refractivity contribution in [3.05, 3.63) is 83.4 Å². The van der Waals surface area contributed by atoms with E-state index in [1.54, 1.807) is 18.2 Å². The summed E-state index contributed by atoms with van der Waals surface area (Å²) in [4.78, 5) is 14.0. The van der Waals surface area contributed by atoms with Crippen molar-refractivity contribution in [2.75, 3.05) is 6.54 Å². The zero-order valence-electron chi connectivity index (χ0n) is 11.9. The predicted molar refractivity (Wildman–Crippen MR) is 81.9 cm³/mol. The number of fused-ring (bicyclic) bond motifs is 1. The smallest absolute Gasteiger partial charge is 0.257 e. The zero-order valence-corrected chi connectivity index (χ0v) is 11.9. The minimum Gasteiger partial charge on any atom is -0.363 e. The lowest BCUT2D eigenvalue weighted by molar-refractivity contribution is -0.0444. The normalized spacial score (nSPS) is 20.5. The SMILES string of the molecule is C=CCN1C(=O)c2ccccc2[C@]1(O)c1ccc(C)cc1.